The fourth-order valence-electron chi connectivity index (χ4n) is 0.364. The summed E-state index contributed by atoms with van der Waals surface area (Å²) in [7, 11) is 1.73. The smallest absolute Gasteiger partial charge is 0.142 e. The first-order valence-corrected chi connectivity index (χ1v) is 2.98. The Kier molecular flexibility index (Phi) is 5.07. The van der Waals surface area contributed by atoms with Crippen LogP contribution in [0.1, 0.15) is 13.3 Å². The molecule has 0 aromatic carbocycles. The summed E-state index contributed by atoms with van der Waals surface area (Å²) in [6.45, 7) is 2.30. The zero-order chi connectivity index (χ0) is 6.41. The molecule has 0 aliphatic heterocycles. The van der Waals surface area contributed by atoms with Crippen molar-refractivity contribution in [1.82, 2.24) is 0 Å². The van der Waals surface area contributed by atoms with E-state index < -0.39 is 0 Å². The Morgan fingerprint density at radius 1 is 1.75 bits per heavy atom. The highest BCUT2D eigenvalue weighted by Gasteiger charge is 1.97. The molecule has 0 aromatic rings. The van der Waals surface area contributed by atoms with Crippen molar-refractivity contribution in [3.05, 3.63) is 0 Å². The van der Waals surface area contributed by atoms with Crippen molar-refractivity contribution in [3.8, 4) is 0 Å². The van der Waals surface area contributed by atoms with Crippen LogP contribution in [-0.2, 0) is 4.74 Å². The van der Waals surface area contributed by atoms with Gasteiger partial charge in [0, 0.05) is 6.61 Å². The molecule has 0 aromatic heterocycles. The van der Waals surface area contributed by atoms with Gasteiger partial charge < -0.3 is 4.74 Å². The van der Waals surface area contributed by atoms with Gasteiger partial charge in [0.2, 0.25) is 0 Å². The van der Waals surface area contributed by atoms with E-state index in [4.69, 9.17) is 4.74 Å². The van der Waals surface area contributed by atoms with E-state index in [0.29, 0.717) is 6.61 Å². The maximum Gasteiger partial charge on any atom is 0.142 e. The Balaban J connectivity index is 2.86. The molecule has 0 rings (SSSR count). The zero-order valence-corrected chi connectivity index (χ0v) is 5.48. The molecule has 0 aliphatic carbocycles. The van der Waals surface area contributed by atoms with E-state index in [9.17, 15) is 4.39 Å². The van der Waals surface area contributed by atoms with Gasteiger partial charge in [-0.05, 0) is 6.42 Å². The van der Waals surface area contributed by atoms with Gasteiger partial charge in [-0.1, -0.05) is 6.92 Å². The van der Waals surface area contributed by atoms with Crippen molar-refractivity contribution in [3.63, 3.8) is 0 Å². The molecular formula is C5H12BFO. The number of ether oxygens (including phenoxy) is 1. The Labute approximate surface area is 50.6 Å². The monoisotopic (exact) mass is 118 g/mol. The Morgan fingerprint density at radius 3 is 2.75 bits per heavy atom. The molecule has 0 heterocycles. The molecule has 0 radical (unpaired) electrons. The van der Waals surface area contributed by atoms with Crippen LogP contribution in [-0.4, -0.2) is 27.1 Å². The number of hydrogen-bond donors (Lipinski definition) is 0. The molecule has 0 saturated carbocycles. The minimum atomic E-state index is -0.375. The molecule has 3 heteroatoms. The predicted octanol–water partition coefficient (Wildman–Crippen LogP) is 0.342. The number of rotatable bonds is 4. The van der Waals surface area contributed by atoms with Crippen molar-refractivity contribution in [2.75, 3.05) is 13.3 Å². The van der Waals surface area contributed by atoms with Crippen LogP contribution in [0.2, 0.25) is 0 Å². The van der Waals surface area contributed by atoms with Crippen LogP contribution in [0, 0.1) is 0 Å². The molecule has 0 aliphatic rings. The second-order valence-corrected chi connectivity index (χ2v) is 1.84. The molecule has 1 nitrogen and oxygen atoms in total. The average Bonchev–Trinajstić information content (AvgIpc) is 1.83. The predicted molar refractivity (Wildman–Crippen MR) is 34.5 cm³/mol. The van der Waals surface area contributed by atoms with Crippen LogP contribution in [0.3, 0.4) is 0 Å². The summed E-state index contributed by atoms with van der Waals surface area (Å²) in [5.74, 6) is 0. The zero-order valence-electron chi connectivity index (χ0n) is 5.48. The van der Waals surface area contributed by atoms with Crippen molar-refractivity contribution in [2.24, 2.45) is 0 Å². The van der Waals surface area contributed by atoms with E-state index in [2.05, 4.69) is 0 Å². The lowest BCUT2D eigenvalue weighted by atomic mass is 10.0. The Hall–Kier alpha value is -0.0451. The topological polar surface area (TPSA) is 9.23 Å². The minimum absolute atomic E-state index is 0.213. The number of hydrogen-bond acceptors (Lipinski definition) is 1. The quantitative estimate of drug-likeness (QED) is 0.483. The standard InChI is InChI=1S/C5H12BFO/c1-2-3-8-5(6)4-7/h5H,2-4,6H2,1H3/t5-/m1/s1. The summed E-state index contributed by atoms with van der Waals surface area (Å²) in [5.41, 5.74) is 0. The third-order valence-corrected chi connectivity index (χ3v) is 0.824. The van der Waals surface area contributed by atoms with Gasteiger partial charge >= 0.3 is 0 Å². The summed E-state index contributed by atoms with van der Waals surface area (Å²) < 4.78 is 16.6. The molecule has 8 heavy (non-hydrogen) atoms. The third kappa shape index (κ3) is 4.12. The van der Waals surface area contributed by atoms with Gasteiger partial charge in [0.05, 0.1) is 6.00 Å². The van der Waals surface area contributed by atoms with Crippen LogP contribution in [0.4, 0.5) is 4.39 Å². The molecule has 0 unspecified atom stereocenters. The van der Waals surface area contributed by atoms with Crippen molar-refractivity contribution < 1.29 is 9.13 Å². The minimum Gasteiger partial charge on any atom is -0.385 e. The van der Waals surface area contributed by atoms with E-state index in [1.54, 1.807) is 7.85 Å². The van der Waals surface area contributed by atoms with Crippen molar-refractivity contribution in [1.29, 1.82) is 0 Å². The lowest BCUT2D eigenvalue weighted by molar-refractivity contribution is 0.0894. The first kappa shape index (κ1) is 7.95. The van der Waals surface area contributed by atoms with E-state index in [1.807, 2.05) is 6.92 Å². The van der Waals surface area contributed by atoms with E-state index in [1.165, 1.54) is 0 Å². The summed E-state index contributed by atoms with van der Waals surface area (Å²) in [6, 6.07) is -0.213. The van der Waals surface area contributed by atoms with E-state index in [-0.39, 0.29) is 12.7 Å². The largest absolute Gasteiger partial charge is 0.385 e. The van der Waals surface area contributed by atoms with Crippen molar-refractivity contribution >= 4 is 7.85 Å². The van der Waals surface area contributed by atoms with Crippen LogP contribution in [0.25, 0.3) is 0 Å². The maximum atomic E-state index is 11.6. The van der Waals surface area contributed by atoms with E-state index >= 15 is 0 Å². The van der Waals surface area contributed by atoms with Crippen LogP contribution >= 0.6 is 0 Å². The highest BCUT2D eigenvalue weighted by atomic mass is 19.1. The highest BCUT2D eigenvalue weighted by Crippen LogP contribution is 1.87. The lowest BCUT2D eigenvalue weighted by Crippen LogP contribution is -2.15. The fourth-order valence-corrected chi connectivity index (χ4v) is 0.364. The first-order chi connectivity index (χ1) is 3.81. The van der Waals surface area contributed by atoms with Crippen molar-refractivity contribution in [2.45, 2.75) is 19.3 Å². The summed E-state index contributed by atoms with van der Waals surface area (Å²) >= 11 is 0. The Morgan fingerprint density at radius 2 is 2.38 bits per heavy atom. The van der Waals surface area contributed by atoms with Gasteiger partial charge in [0.25, 0.3) is 0 Å². The third-order valence-electron chi connectivity index (χ3n) is 0.824. The van der Waals surface area contributed by atoms with Gasteiger partial charge in [-0.2, -0.15) is 0 Å². The highest BCUT2D eigenvalue weighted by molar-refractivity contribution is 6.11. The normalized spacial score (nSPS) is 13.8. The molecule has 0 fully saturated rings. The first-order valence-electron chi connectivity index (χ1n) is 2.98. The van der Waals surface area contributed by atoms with Gasteiger partial charge in [-0.3, -0.25) is 0 Å². The van der Waals surface area contributed by atoms with Gasteiger partial charge in [-0.25, -0.2) is 4.39 Å². The summed E-state index contributed by atoms with van der Waals surface area (Å²) in [6.07, 6.45) is 0.963. The second kappa shape index (κ2) is 5.10. The molecule has 0 saturated heterocycles. The molecule has 0 bridgehead atoms. The maximum absolute atomic E-state index is 11.6. The summed E-state index contributed by atoms with van der Waals surface area (Å²) in [5, 5.41) is 0. The molecule has 0 spiro atoms. The van der Waals surface area contributed by atoms with Gasteiger partial charge in [0.1, 0.15) is 14.5 Å². The molecule has 1 atom stereocenters. The number of alkyl halides is 1. The molecule has 0 amide bonds. The van der Waals surface area contributed by atoms with Crippen LogP contribution in [0.15, 0.2) is 0 Å². The molecule has 48 valence electrons. The molecular weight excluding hydrogens is 106 g/mol. The SMILES string of the molecule is B[C@@H](CF)OCCC. The second-order valence-electron chi connectivity index (χ2n) is 1.84. The van der Waals surface area contributed by atoms with Gasteiger partial charge in [-0.15, -0.1) is 0 Å². The molecule has 0 N–H and O–H groups in total. The lowest BCUT2D eigenvalue weighted by Gasteiger charge is -2.05. The van der Waals surface area contributed by atoms with E-state index in [0.717, 1.165) is 6.42 Å². The van der Waals surface area contributed by atoms with Crippen LogP contribution in [0.5, 0.6) is 0 Å². The average molecular weight is 118 g/mol. The van der Waals surface area contributed by atoms with Crippen LogP contribution < -0.4 is 0 Å². The number of halogens is 1. The summed E-state index contributed by atoms with van der Waals surface area (Å²) in [4.78, 5) is 0. The Bertz CT molecular complexity index is 51.7. The van der Waals surface area contributed by atoms with Gasteiger partial charge in [0.15, 0.2) is 0 Å². The fraction of sp³-hybridized carbons (Fsp3) is 1.00.